The average molecular weight is 197 g/mol. The molecule has 1 rings (SSSR count). The summed E-state index contributed by atoms with van der Waals surface area (Å²) in [6.07, 6.45) is 4.85. The van der Waals surface area contributed by atoms with Gasteiger partial charge in [-0.25, -0.2) is 0 Å². The lowest BCUT2D eigenvalue weighted by molar-refractivity contribution is -0.144. The van der Waals surface area contributed by atoms with Crippen molar-refractivity contribution >= 4 is 5.97 Å². The largest absolute Gasteiger partial charge is 0.463 e. The summed E-state index contributed by atoms with van der Waals surface area (Å²) in [6.45, 7) is 0.790. The molecule has 4 nitrogen and oxygen atoms in total. The van der Waals surface area contributed by atoms with Crippen molar-refractivity contribution in [2.45, 2.75) is 12.8 Å². The number of carbonyl (C=O) groups excluding carboxylic acids is 1. The van der Waals surface area contributed by atoms with Crippen LogP contribution in [0.1, 0.15) is 12.0 Å². The Hall–Kier alpha value is -1.29. The first-order valence-electron chi connectivity index (χ1n) is 4.59. The maximum atomic E-state index is 11.1. The van der Waals surface area contributed by atoms with Gasteiger partial charge >= 0.3 is 5.97 Å². The topological polar surface area (TPSA) is 51.3 Å². The SMILES string of the molecule is COCCOC(=O)CCc1cc[nH]c1. The van der Waals surface area contributed by atoms with Gasteiger partial charge in [0.25, 0.3) is 0 Å². The standard InChI is InChI=1S/C10H15NO3/c1-13-6-7-14-10(12)3-2-9-4-5-11-8-9/h4-5,8,11H,2-3,6-7H2,1H3. The van der Waals surface area contributed by atoms with Gasteiger partial charge in [-0.15, -0.1) is 0 Å². The van der Waals surface area contributed by atoms with Crippen molar-refractivity contribution in [3.63, 3.8) is 0 Å². The van der Waals surface area contributed by atoms with Gasteiger partial charge in [-0.3, -0.25) is 4.79 Å². The summed E-state index contributed by atoms with van der Waals surface area (Å²) in [7, 11) is 1.58. The molecule has 14 heavy (non-hydrogen) atoms. The molecule has 0 amide bonds. The molecule has 0 saturated carbocycles. The van der Waals surface area contributed by atoms with E-state index in [1.165, 1.54) is 0 Å². The Morgan fingerprint density at radius 2 is 2.36 bits per heavy atom. The first-order valence-corrected chi connectivity index (χ1v) is 4.59. The Balaban J connectivity index is 2.09. The predicted octanol–water partition coefficient (Wildman–Crippen LogP) is 1.14. The van der Waals surface area contributed by atoms with Crippen LogP contribution in [0.5, 0.6) is 0 Å². The normalized spacial score (nSPS) is 10.1. The monoisotopic (exact) mass is 197 g/mol. The van der Waals surface area contributed by atoms with E-state index in [2.05, 4.69) is 4.98 Å². The van der Waals surface area contributed by atoms with E-state index in [0.717, 1.165) is 12.0 Å². The number of carbonyl (C=O) groups is 1. The molecule has 0 aliphatic carbocycles. The zero-order valence-electron chi connectivity index (χ0n) is 8.29. The molecule has 0 radical (unpaired) electrons. The minimum Gasteiger partial charge on any atom is -0.463 e. The maximum absolute atomic E-state index is 11.1. The second-order valence-corrected chi connectivity index (χ2v) is 2.93. The van der Waals surface area contributed by atoms with Gasteiger partial charge in [-0.1, -0.05) is 0 Å². The number of ether oxygens (including phenoxy) is 2. The van der Waals surface area contributed by atoms with Crippen LogP contribution < -0.4 is 0 Å². The van der Waals surface area contributed by atoms with E-state index in [4.69, 9.17) is 9.47 Å². The van der Waals surface area contributed by atoms with E-state index in [-0.39, 0.29) is 5.97 Å². The second kappa shape index (κ2) is 6.21. The summed E-state index contributed by atoms with van der Waals surface area (Å²) in [5, 5.41) is 0. The highest BCUT2D eigenvalue weighted by atomic mass is 16.6. The number of methoxy groups -OCH3 is 1. The van der Waals surface area contributed by atoms with Crippen molar-refractivity contribution in [3.8, 4) is 0 Å². The van der Waals surface area contributed by atoms with Crippen LogP contribution in [0.2, 0.25) is 0 Å². The molecule has 0 aliphatic heterocycles. The van der Waals surface area contributed by atoms with E-state index in [0.29, 0.717) is 19.6 Å². The van der Waals surface area contributed by atoms with E-state index < -0.39 is 0 Å². The van der Waals surface area contributed by atoms with Crippen LogP contribution in [0.15, 0.2) is 18.5 Å². The predicted molar refractivity (Wildman–Crippen MR) is 51.9 cm³/mol. The molecule has 0 bridgehead atoms. The number of aromatic nitrogens is 1. The first kappa shape index (κ1) is 10.8. The molecular weight excluding hydrogens is 182 g/mol. The van der Waals surface area contributed by atoms with Crippen molar-refractivity contribution in [3.05, 3.63) is 24.0 Å². The van der Waals surface area contributed by atoms with Gasteiger partial charge in [-0.05, 0) is 18.1 Å². The van der Waals surface area contributed by atoms with Gasteiger partial charge in [0.1, 0.15) is 6.61 Å². The fraction of sp³-hybridized carbons (Fsp3) is 0.500. The molecule has 0 saturated heterocycles. The molecule has 1 N–H and O–H groups in total. The molecule has 0 aromatic carbocycles. The Morgan fingerprint density at radius 3 is 3.00 bits per heavy atom. The number of rotatable bonds is 6. The van der Waals surface area contributed by atoms with Gasteiger partial charge in [0, 0.05) is 25.9 Å². The molecule has 0 spiro atoms. The number of aromatic amines is 1. The zero-order valence-corrected chi connectivity index (χ0v) is 8.29. The molecule has 0 atom stereocenters. The maximum Gasteiger partial charge on any atom is 0.306 e. The lowest BCUT2D eigenvalue weighted by Gasteiger charge is -2.02. The van der Waals surface area contributed by atoms with E-state index in [9.17, 15) is 4.79 Å². The van der Waals surface area contributed by atoms with Crippen LogP contribution in [0.25, 0.3) is 0 Å². The molecular formula is C10H15NO3. The van der Waals surface area contributed by atoms with Crippen LogP contribution in [-0.4, -0.2) is 31.3 Å². The highest BCUT2D eigenvalue weighted by Gasteiger charge is 2.03. The Labute approximate surface area is 83.2 Å². The molecule has 0 fully saturated rings. The van der Waals surface area contributed by atoms with Gasteiger partial charge in [0.2, 0.25) is 0 Å². The van der Waals surface area contributed by atoms with Crippen molar-refractivity contribution in [1.82, 2.24) is 4.98 Å². The van der Waals surface area contributed by atoms with E-state index in [1.54, 1.807) is 7.11 Å². The van der Waals surface area contributed by atoms with Gasteiger partial charge in [-0.2, -0.15) is 0 Å². The number of H-pyrrole nitrogens is 1. The summed E-state index contributed by atoms with van der Waals surface area (Å²) in [4.78, 5) is 14.1. The van der Waals surface area contributed by atoms with Crippen LogP contribution in [0, 0.1) is 0 Å². The molecule has 1 heterocycles. The highest BCUT2D eigenvalue weighted by Crippen LogP contribution is 2.01. The Kier molecular flexibility index (Phi) is 4.78. The van der Waals surface area contributed by atoms with Gasteiger partial charge < -0.3 is 14.5 Å². The molecule has 0 unspecified atom stereocenters. The van der Waals surface area contributed by atoms with Crippen LogP contribution in [-0.2, 0) is 20.7 Å². The molecule has 1 aromatic heterocycles. The first-order chi connectivity index (χ1) is 6.83. The van der Waals surface area contributed by atoms with Gasteiger partial charge in [0.15, 0.2) is 0 Å². The third-order valence-electron chi connectivity index (χ3n) is 1.83. The zero-order chi connectivity index (χ0) is 10.2. The number of esters is 1. The van der Waals surface area contributed by atoms with Crippen molar-refractivity contribution in [2.24, 2.45) is 0 Å². The van der Waals surface area contributed by atoms with Crippen molar-refractivity contribution < 1.29 is 14.3 Å². The van der Waals surface area contributed by atoms with Gasteiger partial charge in [0.05, 0.1) is 6.61 Å². The van der Waals surface area contributed by atoms with Crippen LogP contribution in [0.3, 0.4) is 0 Å². The molecule has 4 heteroatoms. The Morgan fingerprint density at radius 1 is 1.50 bits per heavy atom. The number of hydrogen-bond acceptors (Lipinski definition) is 3. The average Bonchev–Trinajstić information content (AvgIpc) is 2.68. The van der Waals surface area contributed by atoms with E-state index >= 15 is 0 Å². The summed E-state index contributed by atoms with van der Waals surface area (Å²) < 4.78 is 9.67. The molecule has 1 aromatic rings. The fourth-order valence-electron chi connectivity index (χ4n) is 1.07. The second-order valence-electron chi connectivity index (χ2n) is 2.93. The minimum atomic E-state index is -0.178. The number of hydrogen-bond donors (Lipinski definition) is 1. The minimum absolute atomic E-state index is 0.178. The highest BCUT2D eigenvalue weighted by molar-refractivity contribution is 5.69. The molecule has 0 aliphatic rings. The lowest BCUT2D eigenvalue weighted by atomic mass is 10.2. The number of aryl methyl sites for hydroxylation is 1. The quantitative estimate of drug-likeness (QED) is 0.549. The molecule has 78 valence electrons. The smallest absolute Gasteiger partial charge is 0.306 e. The van der Waals surface area contributed by atoms with E-state index in [1.807, 2.05) is 18.5 Å². The third-order valence-corrected chi connectivity index (χ3v) is 1.83. The van der Waals surface area contributed by atoms with Crippen LogP contribution >= 0.6 is 0 Å². The summed E-state index contributed by atoms with van der Waals surface area (Å²) in [5.41, 5.74) is 1.12. The third kappa shape index (κ3) is 4.09. The fourth-order valence-corrected chi connectivity index (χ4v) is 1.07. The lowest BCUT2D eigenvalue weighted by Crippen LogP contribution is -2.10. The number of nitrogens with one attached hydrogen (secondary N) is 1. The Bertz CT molecular complexity index is 256. The van der Waals surface area contributed by atoms with Crippen LogP contribution in [0.4, 0.5) is 0 Å². The summed E-state index contributed by atoms with van der Waals surface area (Å²) in [5.74, 6) is -0.178. The summed E-state index contributed by atoms with van der Waals surface area (Å²) in [6, 6.07) is 1.95. The van der Waals surface area contributed by atoms with Crippen molar-refractivity contribution in [2.75, 3.05) is 20.3 Å². The van der Waals surface area contributed by atoms with Crippen molar-refractivity contribution in [1.29, 1.82) is 0 Å². The summed E-state index contributed by atoms with van der Waals surface area (Å²) >= 11 is 0.